The van der Waals surface area contributed by atoms with E-state index in [-0.39, 0.29) is 36.4 Å². The van der Waals surface area contributed by atoms with Gasteiger partial charge in [0.05, 0.1) is 13.1 Å². The van der Waals surface area contributed by atoms with Crippen molar-refractivity contribution in [2.45, 2.75) is 51.6 Å². The maximum Gasteiger partial charge on any atom is 0.241 e. The molecule has 146 valence electrons. The lowest BCUT2D eigenvalue weighted by atomic mass is 9.84. The summed E-state index contributed by atoms with van der Waals surface area (Å²) >= 11 is 0. The molecule has 0 radical (unpaired) electrons. The van der Waals surface area contributed by atoms with Crippen molar-refractivity contribution < 1.29 is 4.79 Å². The summed E-state index contributed by atoms with van der Waals surface area (Å²) in [6.07, 6.45) is 6.19. The van der Waals surface area contributed by atoms with Crippen LogP contribution in [0.25, 0.3) is 0 Å². The van der Waals surface area contributed by atoms with Crippen LogP contribution in [0.2, 0.25) is 0 Å². The number of hydrogen-bond donors (Lipinski definition) is 2. The molecule has 0 spiro atoms. The predicted octanol–water partition coefficient (Wildman–Crippen LogP) is 3.40. The van der Waals surface area contributed by atoms with Gasteiger partial charge in [-0.3, -0.25) is 4.79 Å². The fraction of sp³-hybridized carbons (Fsp3) is 0.600. The number of rotatable bonds is 6. The van der Waals surface area contributed by atoms with Crippen LogP contribution in [0.5, 0.6) is 0 Å². The van der Waals surface area contributed by atoms with E-state index in [0.29, 0.717) is 12.6 Å². The van der Waals surface area contributed by atoms with Crippen molar-refractivity contribution in [2.75, 3.05) is 20.6 Å². The first-order valence-electron chi connectivity index (χ1n) is 9.37. The van der Waals surface area contributed by atoms with Crippen LogP contribution in [0.1, 0.15) is 44.6 Å². The van der Waals surface area contributed by atoms with Crippen LogP contribution in [0.3, 0.4) is 0 Å². The third kappa shape index (κ3) is 7.93. The van der Waals surface area contributed by atoms with Gasteiger partial charge in [0.2, 0.25) is 5.91 Å². The Balaban J connectivity index is 0.00000338. The zero-order valence-electron chi connectivity index (χ0n) is 16.2. The number of aliphatic imine (C=N–C) groups is 1. The Morgan fingerprint density at radius 1 is 1.23 bits per heavy atom. The highest BCUT2D eigenvalue weighted by atomic mass is 127. The highest BCUT2D eigenvalue weighted by Crippen LogP contribution is 2.26. The van der Waals surface area contributed by atoms with Gasteiger partial charge < -0.3 is 15.5 Å². The summed E-state index contributed by atoms with van der Waals surface area (Å²) in [5.74, 6) is 1.58. The van der Waals surface area contributed by atoms with E-state index in [2.05, 4.69) is 29.7 Å². The molecule has 5 nitrogen and oxygen atoms in total. The molecular weight excluding hydrogens is 439 g/mol. The largest absolute Gasteiger partial charge is 0.354 e. The molecule has 1 saturated carbocycles. The monoisotopic (exact) mass is 472 g/mol. The maximum absolute atomic E-state index is 11.9. The van der Waals surface area contributed by atoms with Crippen molar-refractivity contribution >= 4 is 35.8 Å². The highest BCUT2D eigenvalue weighted by Gasteiger charge is 2.21. The summed E-state index contributed by atoms with van der Waals surface area (Å²) in [6.45, 7) is 3.14. The molecule has 2 rings (SSSR count). The number of benzene rings is 1. The van der Waals surface area contributed by atoms with Gasteiger partial charge in [-0.2, -0.15) is 0 Å². The Kier molecular flexibility index (Phi) is 10.6. The summed E-state index contributed by atoms with van der Waals surface area (Å²) in [4.78, 5) is 18.2. The number of carbonyl (C=O) groups is 1. The number of amides is 1. The molecule has 1 aromatic rings. The SMILES string of the molecule is CCC1CCCC(NC(=NCc2ccccc2)NCC(=O)N(C)C)C1.I. The fourth-order valence-electron chi connectivity index (χ4n) is 3.21. The van der Waals surface area contributed by atoms with Crippen LogP contribution in [0, 0.1) is 5.92 Å². The molecule has 26 heavy (non-hydrogen) atoms. The molecule has 2 unspecified atom stereocenters. The fourth-order valence-corrected chi connectivity index (χ4v) is 3.21. The van der Waals surface area contributed by atoms with Gasteiger partial charge in [0.15, 0.2) is 5.96 Å². The number of nitrogens with one attached hydrogen (secondary N) is 2. The number of likely N-dealkylation sites (N-methyl/N-ethyl adjacent to an activating group) is 1. The number of halogens is 1. The van der Waals surface area contributed by atoms with E-state index in [1.165, 1.54) is 32.1 Å². The molecule has 1 aromatic carbocycles. The van der Waals surface area contributed by atoms with E-state index in [9.17, 15) is 4.79 Å². The summed E-state index contributed by atoms with van der Waals surface area (Å²) in [5.41, 5.74) is 1.16. The van der Waals surface area contributed by atoms with E-state index >= 15 is 0 Å². The molecule has 6 heteroatoms. The molecule has 2 atom stereocenters. The summed E-state index contributed by atoms with van der Waals surface area (Å²) in [7, 11) is 3.54. The Hall–Kier alpha value is -1.31. The van der Waals surface area contributed by atoms with Crippen molar-refractivity contribution in [2.24, 2.45) is 10.9 Å². The van der Waals surface area contributed by atoms with E-state index in [1.807, 2.05) is 18.2 Å². The van der Waals surface area contributed by atoms with Gasteiger partial charge in [0.25, 0.3) is 0 Å². The summed E-state index contributed by atoms with van der Waals surface area (Å²) in [6, 6.07) is 10.6. The second-order valence-electron chi connectivity index (χ2n) is 7.07. The predicted molar refractivity (Wildman–Crippen MR) is 119 cm³/mol. The van der Waals surface area contributed by atoms with Gasteiger partial charge in [0, 0.05) is 20.1 Å². The molecule has 0 aromatic heterocycles. The Labute approximate surface area is 175 Å². The van der Waals surface area contributed by atoms with Crippen molar-refractivity contribution in [1.29, 1.82) is 0 Å². The Morgan fingerprint density at radius 2 is 1.96 bits per heavy atom. The van der Waals surface area contributed by atoms with Gasteiger partial charge in [-0.25, -0.2) is 4.99 Å². The van der Waals surface area contributed by atoms with Crippen LogP contribution < -0.4 is 10.6 Å². The van der Waals surface area contributed by atoms with Gasteiger partial charge in [0.1, 0.15) is 0 Å². The minimum Gasteiger partial charge on any atom is -0.354 e. The molecule has 1 fully saturated rings. The lowest BCUT2D eigenvalue weighted by Crippen LogP contribution is -2.48. The molecule has 1 amide bonds. The molecular formula is C20H33IN4O. The Morgan fingerprint density at radius 3 is 2.62 bits per heavy atom. The maximum atomic E-state index is 11.9. The summed E-state index contributed by atoms with van der Waals surface area (Å²) in [5, 5.41) is 6.75. The number of guanidine groups is 1. The van der Waals surface area contributed by atoms with E-state index in [1.54, 1.807) is 19.0 Å². The smallest absolute Gasteiger partial charge is 0.241 e. The third-order valence-corrected chi connectivity index (χ3v) is 4.87. The quantitative estimate of drug-likeness (QED) is 0.379. The molecule has 1 aliphatic rings. The highest BCUT2D eigenvalue weighted by molar-refractivity contribution is 14.0. The van der Waals surface area contributed by atoms with Crippen LogP contribution in [-0.2, 0) is 11.3 Å². The van der Waals surface area contributed by atoms with Crippen LogP contribution in [-0.4, -0.2) is 43.4 Å². The van der Waals surface area contributed by atoms with Crippen LogP contribution in [0.4, 0.5) is 0 Å². The van der Waals surface area contributed by atoms with Crippen molar-refractivity contribution in [3.05, 3.63) is 35.9 Å². The van der Waals surface area contributed by atoms with Gasteiger partial charge in [-0.05, 0) is 24.3 Å². The van der Waals surface area contributed by atoms with E-state index in [0.717, 1.165) is 17.4 Å². The zero-order valence-corrected chi connectivity index (χ0v) is 18.5. The van der Waals surface area contributed by atoms with Crippen molar-refractivity contribution in [1.82, 2.24) is 15.5 Å². The van der Waals surface area contributed by atoms with Crippen molar-refractivity contribution in [3.8, 4) is 0 Å². The molecule has 0 bridgehead atoms. The Bertz CT molecular complexity index is 562. The number of nitrogens with zero attached hydrogens (tertiary/aromatic N) is 2. The second-order valence-corrected chi connectivity index (χ2v) is 7.07. The molecule has 1 aliphatic carbocycles. The van der Waals surface area contributed by atoms with Gasteiger partial charge in [-0.15, -0.1) is 24.0 Å². The molecule has 0 aliphatic heterocycles. The summed E-state index contributed by atoms with van der Waals surface area (Å²) < 4.78 is 0. The van der Waals surface area contributed by atoms with E-state index in [4.69, 9.17) is 4.99 Å². The topological polar surface area (TPSA) is 56.7 Å². The standard InChI is InChI=1S/C20H32N4O.HI/c1-4-16-11-8-12-18(13-16)23-20(22-15-19(25)24(2)3)21-14-17-9-6-5-7-10-17;/h5-7,9-10,16,18H,4,8,11-15H2,1-3H3,(H2,21,22,23);1H. The molecule has 0 saturated heterocycles. The van der Waals surface area contributed by atoms with Gasteiger partial charge in [-0.1, -0.05) is 56.5 Å². The lowest BCUT2D eigenvalue weighted by Gasteiger charge is -2.30. The third-order valence-electron chi connectivity index (χ3n) is 4.87. The molecule has 2 N–H and O–H groups in total. The average molecular weight is 472 g/mol. The number of hydrogen-bond acceptors (Lipinski definition) is 2. The lowest BCUT2D eigenvalue weighted by molar-refractivity contribution is -0.127. The second kappa shape index (κ2) is 12.1. The normalized spacial score (nSPS) is 20.0. The average Bonchev–Trinajstić information content (AvgIpc) is 2.64. The first kappa shape index (κ1) is 22.7. The molecule has 0 heterocycles. The minimum absolute atomic E-state index is 0. The number of carbonyl (C=O) groups excluding carboxylic acids is 1. The zero-order chi connectivity index (χ0) is 18.1. The first-order valence-corrected chi connectivity index (χ1v) is 9.37. The van der Waals surface area contributed by atoms with E-state index < -0.39 is 0 Å². The van der Waals surface area contributed by atoms with Crippen molar-refractivity contribution in [3.63, 3.8) is 0 Å². The first-order chi connectivity index (χ1) is 12.1. The van der Waals surface area contributed by atoms with Gasteiger partial charge >= 0.3 is 0 Å². The minimum atomic E-state index is 0. The van der Waals surface area contributed by atoms with Crippen LogP contribution in [0.15, 0.2) is 35.3 Å². The van der Waals surface area contributed by atoms with Crippen LogP contribution >= 0.6 is 24.0 Å².